The van der Waals surface area contributed by atoms with E-state index in [4.69, 9.17) is 17.3 Å². The van der Waals surface area contributed by atoms with Crippen LogP contribution in [0.5, 0.6) is 0 Å². The lowest BCUT2D eigenvalue weighted by Gasteiger charge is -2.13. The second-order valence-electron chi connectivity index (χ2n) is 4.24. The molecule has 2 rings (SSSR count). The molecule has 1 atom stereocenters. The zero-order chi connectivity index (χ0) is 13.3. The number of hydrogen-bond donors (Lipinski definition) is 1. The van der Waals surface area contributed by atoms with Crippen LogP contribution in [0.15, 0.2) is 23.7 Å². The molecule has 96 valence electrons. The largest absolute Gasteiger partial charge is 0.317 e. The Balaban J connectivity index is 2.37. The molecule has 2 N–H and O–H groups in total. The van der Waals surface area contributed by atoms with Crippen molar-refractivity contribution in [2.75, 3.05) is 0 Å². The number of Topliss-reactive ketones (excluding diaryl/α,β-unsaturated/α-hetero) is 1. The highest BCUT2D eigenvalue weighted by atomic mass is 35.5. The number of thiophene rings is 1. The smallest absolute Gasteiger partial charge is 0.204 e. The maximum Gasteiger partial charge on any atom is 0.204 e. The zero-order valence-electron chi connectivity index (χ0n) is 10.1. The van der Waals surface area contributed by atoms with Crippen LogP contribution in [0.25, 0.3) is 0 Å². The van der Waals surface area contributed by atoms with Gasteiger partial charge in [0.25, 0.3) is 0 Å². The Kier molecular flexibility index (Phi) is 3.85. The van der Waals surface area contributed by atoms with Crippen LogP contribution in [-0.4, -0.2) is 15.6 Å². The molecule has 0 aliphatic heterocycles. The minimum Gasteiger partial charge on any atom is -0.317 e. The van der Waals surface area contributed by atoms with Crippen LogP contribution in [0.3, 0.4) is 0 Å². The molecule has 2 heterocycles. The molecule has 4 nitrogen and oxygen atoms in total. The first-order valence-electron chi connectivity index (χ1n) is 5.58. The molecule has 0 fully saturated rings. The highest BCUT2D eigenvalue weighted by molar-refractivity contribution is 7.10. The van der Waals surface area contributed by atoms with Crippen LogP contribution >= 0.6 is 22.9 Å². The Hall–Kier alpha value is -1.17. The van der Waals surface area contributed by atoms with Gasteiger partial charge in [0.05, 0.1) is 11.2 Å². The standard InChI is InChI=1S/C12H14ClN3OS/c1-7(2)16-11(8(13)6-15-16)12(17)10(14)9-4-3-5-18-9/h3-7,10H,14H2,1-2H3. The molecular weight excluding hydrogens is 270 g/mol. The minimum absolute atomic E-state index is 0.0620. The summed E-state index contributed by atoms with van der Waals surface area (Å²) in [5.41, 5.74) is 6.36. The van der Waals surface area contributed by atoms with Gasteiger partial charge < -0.3 is 5.73 Å². The van der Waals surface area contributed by atoms with Gasteiger partial charge in [0, 0.05) is 10.9 Å². The first kappa shape index (κ1) is 13.3. The first-order valence-corrected chi connectivity index (χ1v) is 6.84. The van der Waals surface area contributed by atoms with Crippen LogP contribution in [0.4, 0.5) is 0 Å². The van der Waals surface area contributed by atoms with E-state index in [0.717, 1.165) is 4.88 Å². The molecule has 1 unspecified atom stereocenters. The van der Waals surface area contributed by atoms with Crippen molar-refractivity contribution >= 4 is 28.7 Å². The summed E-state index contributed by atoms with van der Waals surface area (Å²) in [6, 6.07) is 3.09. The SMILES string of the molecule is CC(C)n1ncc(Cl)c1C(=O)C(N)c1cccs1. The third kappa shape index (κ3) is 2.34. The molecular formula is C12H14ClN3OS. The predicted molar refractivity (Wildman–Crippen MR) is 73.2 cm³/mol. The number of halogens is 1. The van der Waals surface area contributed by atoms with Gasteiger partial charge in [-0.25, -0.2) is 0 Å². The molecule has 2 aromatic rings. The number of nitrogens with two attached hydrogens (primary N) is 1. The van der Waals surface area contributed by atoms with Gasteiger partial charge in [0.2, 0.25) is 5.78 Å². The Bertz CT molecular complexity index is 548. The highest BCUT2D eigenvalue weighted by Crippen LogP contribution is 2.26. The summed E-state index contributed by atoms with van der Waals surface area (Å²) in [6.07, 6.45) is 1.48. The van der Waals surface area contributed by atoms with Gasteiger partial charge in [-0.05, 0) is 25.3 Å². The average Bonchev–Trinajstić information content (AvgIpc) is 2.95. The van der Waals surface area contributed by atoms with Gasteiger partial charge >= 0.3 is 0 Å². The Morgan fingerprint density at radius 2 is 2.28 bits per heavy atom. The van der Waals surface area contributed by atoms with Crippen molar-refractivity contribution in [1.82, 2.24) is 9.78 Å². The molecule has 0 radical (unpaired) electrons. The summed E-state index contributed by atoms with van der Waals surface area (Å²) < 4.78 is 1.61. The predicted octanol–water partition coefficient (Wildman–Crippen LogP) is 3.06. The lowest BCUT2D eigenvalue weighted by atomic mass is 10.1. The topological polar surface area (TPSA) is 60.9 Å². The van der Waals surface area contributed by atoms with E-state index in [0.29, 0.717) is 10.7 Å². The van der Waals surface area contributed by atoms with Gasteiger partial charge in [-0.1, -0.05) is 17.7 Å². The molecule has 0 bridgehead atoms. The van der Waals surface area contributed by atoms with Gasteiger partial charge in [-0.15, -0.1) is 11.3 Å². The van der Waals surface area contributed by atoms with Crippen LogP contribution in [-0.2, 0) is 0 Å². The number of carbonyl (C=O) groups excluding carboxylic acids is 1. The first-order chi connectivity index (χ1) is 8.52. The highest BCUT2D eigenvalue weighted by Gasteiger charge is 2.25. The van der Waals surface area contributed by atoms with E-state index in [2.05, 4.69) is 5.10 Å². The van der Waals surface area contributed by atoms with Gasteiger partial charge in [0.15, 0.2) is 0 Å². The third-order valence-corrected chi connectivity index (χ3v) is 3.84. The number of aromatic nitrogens is 2. The molecule has 0 spiro atoms. The van der Waals surface area contributed by atoms with E-state index < -0.39 is 6.04 Å². The Morgan fingerprint density at radius 1 is 1.56 bits per heavy atom. The van der Waals surface area contributed by atoms with Crippen LogP contribution < -0.4 is 5.73 Å². The lowest BCUT2D eigenvalue weighted by Crippen LogP contribution is -2.24. The molecule has 0 saturated carbocycles. The fourth-order valence-electron chi connectivity index (χ4n) is 1.71. The summed E-state index contributed by atoms with van der Waals surface area (Å²) in [7, 11) is 0. The van der Waals surface area contributed by atoms with E-state index in [9.17, 15) is 4.79 Å². The quantitative estimate of drug-likeness (QED) is 0.877. The lowest BCUT2D eigenvalue weighted by molar-refractivity contribution is 0.0950. The number of carbonyl (C=O) groups is 1. The third-order valence-electron chi connectivity index (χ3n) is 2.61. The Morgan fingerprint density at radius 3 is 2.83 bits per heavy atom. The molecule has 0 amide bonds. The normalized spacial score (nSPS) is 12.9. The van der Waals surface area contributed by atoms with Gasteiger partial charge in [-0.2, -0.15) is 5.10 Å². The van der Waals surface area contributed by atoms with Crippen LogP contribution in [0.2, 0.25) is 5.02 Å². The monoisotopic (exact) mass is 283 g/mol. The molecule has 0 saturated heterocycles. The van der Waals surface area contributed by atoms with Crippen LogP contribution in [0, 0.1) is 0 Å². The molecule has 18 heavy (non-hydrogen) atoms. The molecule has 6 heteroatoms. The van der Waals surface area contributed by atoms with E-state index in [-0.39, 0.29) is 11.8 Å². The maximum atomic E-state index is 12.4. The fraction of sp³-hybridized carbons (Fsp3) is 0.333. The minimum atomic E-state index is -0.684. The van der Waals surface area contributed by atoms with Crippen LogP contribution in [0.1, 0.15) is 41.3 Å². The molecule has 2 aromatic heterocycles. The van der Waals surface area contributed by atoms with Crippen molar-refractivity contribution in [3.05, 3.63) is 39.3 Å². The summed E-state index contributed by atoms with van der Waals surface area (Å²) >= 11 is 7.49. The van der Waals surface area contributed by atoms with Gasteiger partial charge in [-0.3, -0.25) is 9.48 Å². The van der Waals surface area contributed by atoms with Crippen molar-refractivity contribution in [3.8, 4) is 0 Å². The summed E-state index contributed by atoms with van der Waals surface area (Å²) in [4.78, 5) is 13.2. The zero-order valence-corrected chi connectivity index (χ0v) is 11.7. The van der Waals surface area contributed by atoms with E-state index in [1.807, 2.05) is 31.4 Å². The number of nitrogens with zero attached hydrogens (tertiary/aromatic N) is 2. The van der Waals surface area contributed by atoms with Crippen molar-refractivity contribution in [3.63, 3.8) is 0 Å². The summed E-state index contributed by atoms with van der Waals surface area (Å²) in [6.45, 7) is 3.88. The molecule has 0 aliphatic rings. The Labute approximate surface area is 114 Å². The van der Waals surface area contributed by atoms with E-state index >= 15 is 0 Å². The molecule has 0 aliphatic carbocycles. The molecule has 0 aromatic carbocycles. The summed E-state index contributed by atoms with van der Waals surface area (Å²) in [5.74, 6) is -0.200. The van der Waals surface area contributed by atoms with Crippen molar-refractivity contribution in [2.24, 2.45) is 5.73 Å². The van der Waals surface area contributed by atoms with E-state index in [1.54, 1.807) is 4.68 Å². The van der Waals surface area contributed by atoms with Crippen molar-refractivity contribution in [1.29, 1.82) is 0 Å². The second-order valence-corrected chi connectivity index (χ2v) is 5.62. The number of rotatable bonds is 4. The van der Waals surface area contributed by atoms with Crippen molar-refractivity contribution in [2.45, 2.75) is 25.9 Å². The second kappa shape index (κ2) is 5.22. The average molecular weight is 284 g/mol. The number of hydrogen-bond acceptors (Lipinski definition) is 4. The maximum absolute atomic E-state index is 12.4. The fourth-order valence-corrected chi connectivity index (χ4v) is 2.66. The van der Waals surface area contributed by atoms with Crippen molar-refractivity contribution < 1.29 is 4.79 Å². The van der Waals surface area contributed by atoms with Gasteiger partial charge in [0.1, 0.15) is 11.7 Å². The summed E-state index contributed by atoms with van der Waals surface area (Å²) in [5, 5.41) is 6.35. The number of ketones is 1. The van der Waals surface area contributed by atoms with E-state index in [1.165, 1.54) is 17.5 Å².